The molecule has 14 heavy (non-hydrogen) atoms. The van der Waals surface area contributed by atoms with Crippen LogP contribution in [0.3, 0.4) is 0 Å². The quantitative estimate of drug-likeness (QED) is 0.672. The molecule has 0 aliphatic heterocycles. The van der Waals surface area contributed by atoms with E-state index in [0.717, 1.165) is 0 Å². The SMILES string of the molecule is CCOCC(C)N(C)CC(C)C(=O)O. The fourth-order valence-corrected chi connectivity index (χ4v) is 1.11. The summed E-state index contributed by atoms with van der Waals surface area (Å²) in [6.45, 7) is 7.61. The molecule has 4 heteroatoms. The van der Waals surface area contributed by atoms with Gasteiger partial charge in [-0.15, -0.1) is 0 Å². The summed E-state index contributed by atoms with van der Waals surface area (Å²) >= 11 is 0. The zero-order chi connectivity index (χ0) is 11.1. The number of ether oxygens (including phenoxy) is 1. The molecular weight excluding hydrogens is 182 g/mol. The molecule has 0 saturated carbocycles. The summed E-state index contributed by atoms with van der Waals surface area (Å²) in [4.78, 5) is 12.6. The van der Waals surface area contributed by atoms with Crippen LogP contribution in [-0.4, -0.2) is 48.8 Å². The van der Waals surface area contributed by atoms with Crippen LogP contribution in [-0.2, 0) is 9.53 Å². The minimum atomic E-state index is -0.750. The Bertz CT molecular complexity index is 173. The van der Waals surface area contributed by atoms with Gasteiger partial charge in [0.1, 0.15) is 0 Å². The molecule has 84 valence electrons. The van der Waals surface area contributed by atoms with Gasteiger partial charge in [-0.1, -0.05) is 6.92 Å². The van der Waals surface area contributed by atoms with Crippen LogP contribution < -0.4 is 0 Å². The number of nitrogens with zero attached hydrogens (tertiary/aromatic N) is 1. The van der Waals surface area contributed by atoms with Crippen LogP contribution in [0.5, 0.6) is 0 Å². The summed E-state index contributed by atoms with van der Waals surface area (Å²) in [6.07, 6.45) is 0. The van der Waals surface area contributed by atoms with E-state index in [-0.39, 0.29) is 12.0 Å². The van der Waals surface area contributed by atoms with Crippen LogP contribution in [0.1, 0.15) is 20.8 Å². The van der Waals surface area contributed by atoms with E-state index in [1.54, 1.807) is 6.92 Å². The van der Waals surface area contributed by atoms with Gasteiger partial charge in [-0.25, -0.2) is 0 Å². The second-order valence-electron chi connectivity index (χ2n) is 3.69. The monoisotopic (exact) mass is 203 g/mol. The van der Waals surface area contributed by atoms with Crippen molar-refractivity contribution in [3.05, 3.63) is 0 Å². The Labute approximate surface area is 85.9 Å². The van der Waals surface area contributed by atoms with E-state index in [0.29, 0.717) is 19.8 Å². The Morgan fingerprint density at radius 1 is 1.50 bits per heavy atom. The number of rotatable bonds is 7. The number of hydrogen-bond donors (Lipinski definition) is 1. The number of aliphatic carboxylic acids is 1. The Balaban J connectivity index is 3.81. The van der Waals surface area contributed by atoms with Crippen LogP contribution in [0, 0.1) is 5.92 Å². The van der Waals surface area contributed by atoms with Gasteiger partial charge in [0.25, 0.3) is 0 Å². The maximum atomic E-state index is 10.6. The van der Waals surface area contributed by atoms with Gasteiger partial charge in [0.15, 0.2) is 0 Å². The first kappa shape index (κ1) is 13.4. The summed E-state index contributed by atoms with van der Waals surface area (Å²) in [5.74, 6) is -1.08. The van der Waals surface area contributed by atoms with E-state index >= 15 is 0 Å². The predicted octanol–water partition coefficient (Wildman–Crippen LogP) is 1.06. The number of likely N-dealkylation sites (N-methyl/N-ethyl adjacent to an activating group) is 1. The third kappa shape index (κ3) is 5.19. The molecule has 0 aromatic heterocycles. The lowest BCUT2D eigenvalue weighted by atomic mass is 10.1. The number of carboxylic acids is 1. The van der Waals surface area contributed by atoms with E-state index < -0.39 is 5.97 Å². The second-order valence-corrected chi connectivity index (χ2v) is 3.69. The van der Waals surface area contributed by atoms with Crippen LogP contribution in [0.15, 0.2) is 0 Å². The van der Waals surface area contributed by atoms with Crippen LogP contribution in [0.4, 0.5) is 0 Å². The lowest BCUT2D eigenvalue weighted by Crippen LogP contribution is -2.37. The molecule has 0 aromatic carbocycles. The standard InChI is InChI=1S/C10H21NO3/c1-5-14-7-9(3)11(4)6-8(2)10(12)13/h8-9H,5-7H2,1-4H3,(H,12,13). The Kier molecular flexibility index (Phi) is 6.49. The molecule has 2 unspecified atom stereocenters. The van der Waals surface area contributed by atoms with Crippen molar-refractivity contribution in [3.63, 3.8) is 0 Å². The predicted molar refractivity (Wildman–Crippen MR) is 55.4 cm³/mol. The van der Waals surface area contributed by atoms with Crippen molar-refractivity contribution in [1.82, 2.24) is 4.90 Å². The Morgan fingerprint density at radius 2 is 2.07 bits per heavy atom. The van der Waals surface area contributed by atoms with Crippen molar-refractivity contribution in [3.8, 4) is 0 Å². The minimum Gasteiger partial charge on any atom is -0.481 e. The van der Waals surface area contributed by atoms with Crippen molar-refractivity contribution >= 4 is 5.97 Å². The van der Waals surface area contributed by atoms with Crippen LogP contribution in [0.25, 0.3) is 0 Å². The average Bonchev–Trinajstić information content (AvgIpc) is 2.13. The number of hydrogen-bond acceptors (Lipinski definition) is 3. The summed E-state index contributed by atoms with van der Waals surface area (Å²) in [5, 5.41) is 8.73. The topological polar surface area (TPSA) is 49.8 Å². The summed E-state index contributed by atoms with van der Waals surface area (Å²) < 4.78 is 5.27. The first-order valence-electron chi connectivity index (χ1n) is 4.99. The maximum Gasteiger partial charge on any atom is 0.307 e. The molecule has 0 saturated heterocycles. The Morgan fingerprint density at radius 3 is 2.50 bits per heavy atom. The van der Waals surface area contributed by atoms with Crippen molar-refractivity contribution < 1.29 is 14.6 Å². The molecule has 0 aromatic rings. The average molecular weight is 203 g/mol. The van der Waals surface area contributed by atoms with E-state index in [1.165, 1.54) is 0 Å². The highest BCUT2D eigenvalue weighted by atomic mass is 16.5. The molecule has 1 N–H and O–H groups in total. The van der Waals surface area contributed by atoms with Gasteiger partial charge in [0, 0.05) is 19.2 Å². The summed E-state index contributed by atoms with van der Waals surface area (Å²) in [6, 6.07) is 0.261. The van der Waals surface area contributed by atoms with Crippen molar-refractivity contribution in [1.29, 1.82) is 0 Å². The number of carbonyl (C=O) groups is 1. The molecule has 2 atom stereocenters. The van der Waals surface area contributed by atoms with Gasteiger partial charge >= 0.3 is 5.97 Å². The van der Waals surface area contributed by atoms with E-state index in [1.807, 2.05) is 25.8 Å². The minimum absolute atomic E-state index is 0.261. The fraction of sp³-hybridized carbons (Fsp3) is 0.900. The van der Waals surface area contributed by atoms with E-state index in [4.69, 9.17) is 9.84 Å². The molecule has 0 heterocycles. The lowest BCUT2D eigenvalue weighted by molar-refractivity contribution is -0.141. The van der Waals surface area contributed by atoms with Gasteiger partial charge in [-0.05, 0) is 20.9 Å². The van der Waals surface area contributed by atoms with Crippen LogP contribution >= 0.6 is 0 Å². The van der Waals surface area contributed by atoms with Gasteiger partial charge in [0.2, 0.25) is 0 Å². The highest BCUT2D eigenvalue weighted by molar-refractivity contribution is 5.69. The van der Waals surface area contributed by atoms with Gasteiger partial charge in [-0.2, -0.15) is 0 Å². The summed E-state index contributed by atoms with van der Waals surface area (Å²) in [7, 11) is 1.92. The van der Waals surface area contributed by atoms with E-state index in [2.05, 4.69) is 0 Å². The lowest BCUT2D eigenvalue weighted by Gasteiger charge is -2.25. The highest BCUT2D eigenvalue weighted by Crippen LogP contribution is 2.03. The zero-order valence-electron chi connectivity index (χ0n) is 9.49. The Hall–Kier alpha value is -0.610. The van der Waals surface area contributed by atoms with Crippen molar-refractivity contribution in [2.45, 2.75) is 26.8 Å². The number of carboxylic acid groups (broad SMARTS) is 1. The van der Waals surface area contributed by atoms with Gasteiger partial charge in [0.05, 0.1) is 12.5 Å². The van der Waals surface area contributed by atoms with Crippen molar-refractivity contribution in [2.75, 3.05) is 26.8 Å². The normalized spacial score (nSPS) is 15.5. The van der Waals surface area contributed by atoms with Crippen LogP contribution in [0.2, 0.25) is 0 Å². The molecular formula is C10H21NO3. The highest BCUT2D eigenvalue weighted by Gasteiger charge is 2.16. The molecule has 0 radical (unpaired) electrons. The first-order chi connectivity index (χ1) is 6.49. The fourth-order valence-electron chi connectivity index (χ4n) is 1.11. The first-order valence-corrected chi connectivity index (χ1v) is 4.99. The molecule has 0 aliphatic rings. The molecule has 0 bridgehead atoms. The van der Waals surface area contributed by atoms with Gasteiger partial charge in [-0.3, -0.25) is 4.79 Å². The second kappa shape index (κ2) is 6.79. The third-order valence-corrected chi connectivity index (χ3v) is 2.30. The molecule has 4 nitrogen and oxygen atoms in total. The third-order valence-electron chi connectivity index (χ3n) is 2.30. The molecule has 0 aliphatic carbocycles. The molecule has 0 rings (SSSR count). The largest absolute Gasteiger partial charge is 0.481 e. The van der Waals surface area contributed by atoms with Gasteiger partial charge < -0.3 is 14.7 Å². The maximum absolute atomic E-state index is 10.6. The smallest absolute Gasteiger partial charge is 0.307 e. The molecule has 0 amide bonds. The molecule has 0 spiro atoms. The van der Waals surface area contributed by atoms with E-state index in [9.17, 15) is 4.79 Å². The van der Waals surface area contributed by atoms with Crippen molar-refractivity contribution in [2.24, 2.45) is 5.92 Å². The zero-order valence-corrected chi connectivity index (χ0v) is 9.49. The summed E-state index contributed by atoms with van der Waals surface area (Å²) in [5.41, 5.74) is 0. The molecule has 0 fully saturated rings.